The molecule has 3 N–H and O–H groups in total. The van der Waals surface area contributed by atoms with Crippen molar-refractivity contribution in [1.29, 1.82) is 0 Å². The summed E-state index contributed by atoms with van der Waals surface area (Å²) in [5.74, 6) is 2.68. The van der Waals surface area contributed by atoms with Gasteiger partial charge < -0.3 is 15.8 Å². The number of amides is 1. The normalized spacial score (nSPS) is 54.8. The molecule has 4 heteroatoms. The van der Waals surface area contributed by atoms with Gasteiger partial charge in [-0.2, -0.15) is 0 Å². The lowest BCUT2D eigenvalue weighted by atomic mass is 9.72. The van der Waals surface area contributed by atoms with E-state index in [0.717, 1.165) is 37.7 Å². The molecule has 0 bridgehead atoms. The van der Waals surface area contributed by atoms with Gasteiger partial charge in [0.15, 0.2) is 0 Å². The average Bonchev–Trinajstić information content (AvgIpc) is 2.81. The Balaban J connectivity index is 1.36. The highest BCUT2D eigenvalue weighted by atomic mass is 16.5. The van der Waals surface area contributed by atoms with E-state index in [1.807, 2.05) is 0 Å². The van der Waals surface area contributed by atoms with Crippen LogP contribution >= 0.6 is 0 Å². The highest BCUT2D eigenvalue weighted by molar-refractivity contribution is 5.80. The summed E-state index contributed by atoms with van der Waals surface area (Å²) in [5.41, 5.74) is 6.10. The summed E-state index contributed by atoms with van der Waals surface area (Å²) in [6, 6.07) is 0.189. The molecule has 94 valence electrons. The first-order valence-electron chi connectivity index (χ1n) is 6.91. The van der Waals surface area contributed by atoms with E-state index in [1.165, 1.54) is 6.42 Å². The van der Waals surface area contributed by atoms with E-state index in [1.54, 1.807) is 0 Å². The Morgan fingerprint density at radius 1 is 1.24 bits per heavy atom. The molecule has 4 fully saturated rings. The van der Waals surface area contributed by atoms with Crippen molar-refractivity contribution in [1.82, 2.24) is 5.32 Å². The van der Waals surface area contributed by atoms with Crippen LogP contribution in [0.15, 0.2) is 0 Å². The summed E-state index contributed by atoms with van der Waals surface area (Å²) in [7, 11) is 0. The van der Waals surface area contributed by atoms with Crippen LogP contribution in [0.3, 0.4) is 0 Å². The largest absolute Gasteiger partial charge is 0.376 e. The monoisotopic (exact) mass is 236 g/mol. The second-order valence-corrected chi connectivity index (χ2v) is 6.32. The first kappa shape index (κ1) is 10.3. The van der Waals surface area contributed by atoms with Crippen LogP contribution in [0.2, 0.25) is 0 Å². The Bertz CT molecular complexity index is 349. The lowest BCUT2D eigenvalue weighted by Gasteiger charge is -2.46. The zero-order valence-corrected chi connectivity index (χ0v) is 9.97. The smallest absolute Gasteiger partial charge is 0.223 e. The number of ether oxygens (including phenoxy) is 1. The predicted octanol–water partition coefficient (Wildman–Crippen LogP) is 0.263. The van der Waals surface area contributed by atoms with Gasteiger partial charge in [-0.05, 0) is 37.5 Å². The molecule has 1 aliphatic heterocycles. The lowest BCUT2D eigenvalue weighted by molar-refractivity contribution is -0.129. The maximum Gasteiger partial charge on any atom is 0.223 e. The molecule has 3 saturated carbocycles. The van der Waals surface area contributed by atoms with Gasteiger partial charge in [0.25, 0.3) is 0 Å². The molecule has 4 aliphatic rings. The van der Waals surface area contributed by atoms with Crippen LogP contribution in [-0.4, -0.2) is 30.7 Å². The summed E-state index contributed by atoms with van der Waals surface area (Å²) in [4.78, 5) is 12.1. The summed E-state index contributed by atoms with van der Waals surface area (Å²) < 4.78 is 5.63. The highest BCUT2D eigenvalue weighted by Gasteiger charge is 2.54. The molecule has 0 aromatic rings. The van der Waals surface area contributed by atoms with Crippen LogP contribution in [0.25, 0.3) is 0 Å². The molecule has 0 radical (unpaired) electrons. The van der Waals surface area contributed by atoms with Crippen LogP contribution in [0.5, 0.6) is 0 Å². The molecular formula is C13H20N2O2. The highest BCUT2D eigenvalue weighted by Crippen LogP contribution is 2.54. The Hall–Kier alpha value is -0.610. The summed E-state index contributed by atoms with van der Waals surface area (Å²) in [6.07, 6.45) is 4.83. The first-order valence-corrected chi connectivity index (χ1v) is 6.91. The molecule has 1 amide bonds. The molecule has 0 spiro atoms. The average molecular weight is 236 g/mol. The number of carbonyl (C=O) groups is 1. The molecule has 6 unspecified atom stereocenters. The topological polar surface area (TPSA) is 64.3 Å². The number of nitrogens with one attached hydrogen (secondary N) is 1. The number of hydrogen-bond acceptors (Lipinski definition) is 3. The maximum atomic E-state index is 12.1. The molecule has 6 atom stereocenters. The van der Waals surface area contributed by atoms with Crippen molar-refractivity contribution in [3.63, 3.8) is 0 Å². The maximum absolute atomic E-state index is 12.1. The Morgan fingerprint density at radius 2 is 2.00 bits per heavy atom. The zero-order valence-electron chi connectivity index (χ0n) is 9.97. The number of nitrogens with two attached hydrogens (primary N) is 1. The third kappa shape index (κ3) is 1.47. The van der Waals surface area contributed by atoms with E-state index >= 15 is 0 Å². The Labute approximate surface area is 101 Å². The molecule has 4 rings (SSSR count). The summed E-state index contributed by atoms with van der Waals surface area (Å²) in [5, 5.41) is 3.13. The number of carbonyl (C=O) groups excluding carboxylic acids is 1. The van der Waals surface area contributed by atoms with Crippen molar-refractivity contribution in [2.75, 3.05) is 6.61 Å². The minimum atomic E-state index is 0.0759. The van der Waals surface area contributed by atoms with Crippen molar-refractivity contribution in [2.24, 2.45) is 29.4 Å². The molecule has 17 heavy (non-hydrogen) atoms. The van der Waals surface area contributed by atoms with Crippen molar-refractivity contribution in [2.45, 2.75) is 43.9 Å². The van der Waals surface area contributed by atoms with Crippen molar-refractivity contribution >= 4 is 5.91 Å². The van der Waals surface area contributed by atoms with Gasteiger partial charge in [-0.25, -0.2) is 0 Å². The van der Waals surface area contributed by atoms with Gasteiger partial charge in [0.2, 0.25) is 5.91 Å². The minimum Gasteiger partial charge on any atom is -0.376 e. The predicted molar refractivity (Wildman–Crippen MR) is 62.1 cm³/mol. The van der Waals surface area contributed by atoms with Crippen LogP contribution in [-0.2, 0) is 9.53 Å². The van der Waals surface area contributed by atoms with Crippen molar-refractivity contribution in [3.05, 3.63) is 0 Å². The van der Waals surface area contributed by atoms with Crippen LogP contribution in [0.4, 0.5) is 0 Å². The molecule has 1 heterocycles. The van der Waals surface area contributed by atoms with E-state index in [2.05, 4.69) is 5.32 Å². The van der Waals surface area contributed by atoms with Gasteiger partial charge in [-0.15, -0.1) is 0 Å². The van der Waals surface area contributed by atoms with Crippen LogP contribution in [0, 0.1) is 23.7 Å². The zero-order chi connectivity index (χ0) is 11.6. The second-order valence-electron chi connectivity index (χ2n) is 6.32. The van der Waals surface area contributed by atoms with Crippen LogP contribution in [0.1, 0.15) is 25.7 Å². The number of rotatable bonds is 2. The molecule has 1 saturated heterocycles. The SMILES string of the molecule is NC1C2CCOC2C1NC(=O)C1CC2CC2C1. The standard InChI is InChI=1S/C13H20N2O2/c14-10-9-1-2-17-12(9)11(10)15-13(16)8-4-6-3-7(6)5-8/h6-12H,1-5,14H2,(H,15,16). The third-order valence-electron chi connectivity index (χ3n) is 5.37. The van der Waals surface area contributed by atoms with E-state index in [-0.39, 0.29) is 30.0 Å². The fraction of sp³-hybridized carbons (Fsp3) is 0.923. The van der Waals surface area contributed by atoms with E-state index < -0.39 is 0 Å². The fourth-order valence-electron chi connectivity index (χ4n) is 4.14. The van der Waals surface area contributed by atoms with Crippen molar-refractivity contribution in [3.8, 4) is 0 Å². The summed E-state index contributed by atoms with van der Waals surface area (Å²) in [6.45, 7) is 0.809. The Morgan fingerprint density at radius 3 is 2.76 bits per heavy atom. The number of hydrogen-bond donors (Lipinski definition) is 2. The van der Waals surface area contributed by atoms with Gasteiger partial charge >= 0.3 is 0 Å². The lowest BCUT2D eigenvalue weighted by Crippen LogP contribution is -2.69. The van der Waals surface area contributed by atoms with Gasteiger partial charge in [-0.3, -0.25) is 4.79 Å². The third-order valence-corrected chi connectivity index (χ3v) is 5.37. The van der Waals surface area contributed by atoms with E-state index in [9.17, 15) is 4.79 Å². The van der Waals surface area contributed by atoms with E-state index in [0.29, 0.717) is 5.92 Å². The van der Waals surface area contributed by atoms with Gasteiger partial charge in [-0.1, -0.05) is 0 Å². The fourth-order valence-corrected chi connectivity index (χ4v) is 4.14. The van der Waals surface area contributed by atoms with Crippen LogP contribution < -0.4 is 11.1 Å². The minimum absolute atomic E-state index is 0.0759. The van der Waals surface area contributed by atoms with E-state index in [4.69, 9.17) is 10.5 Å². The van der Waals surface area contributed by atoms with Crippen molar-refractivity contribution < 1.29 is 9.53 Å². The first-order chi connectivity index (χ1) is 8.24. The second kappa shape index (κ2) is 3.45. The molecular weight excluding hydrogens is 216 g/mol. The number of fused-ring (bicyclic) bond motifs is 2. The summed E-state index contributed by atoms with van der Waals surface area (Å²) >= 11 is 0. The quantitative estimate of drug-likeness (QED) is 0.723. The Kier molecular flexibility index (Phi) is 2.10. The molecule has 0 aromatic carbocycles. The van der Waals surface area contributed by atoms with Gasteiger partial charge in [0.05, 0.1) is 12.1 Å². The molecule has 4 nitrogen and oxygen atoms in total. The van der Waals surface area contributed by atoms with Gasteiger partial charge in [0, 0.05) is 24.5 Å². The molecule has 3 aliphatic carbocycles. The molecule has 0 aromatic heterocycles. The van der Waals surface area contributed by atoms with Gasteiger partial charge in [0.1, 0.15) is 0 Å².